The zero-order chi connectivity index (χ0) is 13.4. The van der Waals surface area contributed by atoms with Crippen molar-refractivity contribution in [1.29, 1.82) is 0 Å². The van der Waals surface area contributed by atoms with Gasteiger partial charge in [-0.1, -0.05) is 0 Å². The molecule has 2 N–H and O–H groups in total. The van der Waals surface area contributed by atoms with Crippen molar-refractivity contribution in [3.8, 4) is 0 Å². The Morgan fingerprint density at radius 3 is 1.82 bits per heavy atom. The predicted molar refractivity (Wildman–Crippen MR) is 68.1 cm³/mol. The molecular weight excluding hydrogens is 220 g/mol. The highest BCUT2D eigenvalue weighted by atomic mass is 16.5. The Morgan fingerprint density at radius 1 is 0.765 bits per heavy atom. The molecule has 0 amide bonds. The van der Waals surface area contributed by atoms with Crippen LogP contribution in [0.25, 0.3) is 0 Å². The summed E-state index contributed by atoms with van der Waals surface area (Å²) in [5.41, 5.74) is -0.513. The second-order valence-electron chi connectivity index (χ2n) is 5.52. The van der Waals surface area contributed by atoms with Crippen molar-refractivity contribution in [2.75, 3.05) is 26.4 Å². The molecule has 0 aromatic heterocycles. The molecule has 0 aromatic rings. The van der Waals surface area contributed by atoms with Crippen molar-refractivity contribution >= 4 is 0 Å². The first-order valence-electron chi connectivity index (χ1n) is 6.33. The molecule has 0 aliphatic heterocycles. The Labute approximate surface area is 105 Å². The molecule has 0 fully saturated rings. The summed E-state index contributed by atoms with van der Waals surface area (Å²) in [7, 11) is 0. The molecule has 104 valence electrons. The van der Waals surface area contributed by atoms with E-state index in [1.54, 1.807) is 0 Å². The summed E-state index contributed by atoms with van der Waals surface area (Å²) < 4.78 is 11.4. The van der Waals surface area contributed by atoms with E-state index in [1.165, 1.54) is 0 Å². The zero-order valence-electron chi connectivity index (χ0n) is 11.7. The Balaban J connectivity index is 3.77. The number of hydrogen-bond acceptors (Lipinski definition) is 4. The molecule has 17 heavy (non-hydrogen) atoms. The van der Waals surface area contributed by atoms with E-state index in [0.717, 1.165) is 6.42 Å². The smallest absolute Gasteiger partial charge is 0.0648 e. The van der Waals surface area contributed by atoms with Gasteiger partial charge in [0.25, 0.3) is 0 Å². The van der Waals surface area contributed by atoms with Gasteiger partial charge >= 0.3 is 0 Å². The minimum absolute atomic E-state index is 0.142. The molecule has 0 rings (SSSR count). The van der Waals surface area contributed by atoms with Crippen LogP contribution < -0.4 is 0 Å². The highest BCUT2D eigenvalue weighted by Crippen LogP contribution is 2.19. The Hall–Kier alpha value is -0.160. The Kier molecular flexibility index (Phi) is 7.96. The lowest BCUT2D eigenvalue weighted by Gasteiger charge is -2.29. The van der Waals surface area contributed by atoms with Crippen molar-refractivity contribution in [2.45, 2.75) is 58.2 Å². The minimum atomic E-state index is -0.282. The van der Waals surface area contributed by atoms with Crippen LogP contribution in [-0.2, 0) is 9.47 Å². The van der Waals surface area contributed by atoms with Gasteiger partial charge in [0.15, 0.2) is 0 Å². The predicted octanol–water partition coefficient (Wildman–Crippen LogP) is 1.73. The van der Waals surface area contributed by atoms with Crippen molar-refractivity contribution in [3.63, 3.8) is 0 Å². The molecule has 0 atom stereocenters. The van der Waals surface area contributed by atoms with Crippen LogP contribution in [0, 0.1) is 0 Å². The van der Waals surface area contributed by atoms with Gasteiger partial charge in [-0.2, -0.15) is 0 Å². The quantitative estimate of drug-likeness (QED) is 0.578. The monoisotopic (exact) mass is 248 g/mol. The standard InChI is InChI=1S/C13H28O4/c1-12(2,6-9-15)17-11-7-13(3,4)16-10-5-8-14/h14-15H,5-11H2,1-4H3. The van der Waals surface area contributed by atoms with Crippen molar-refractivity contribution in [1.82, 2.24) is 0 Å². The maximum atomic E-state index is 8.88. The van der Waals surface area contributed by atoms with E-state index in [9.17, 15) is 0 Å². The number of ether oxygens (including phenoxy) is 2. The SMILES string of the molecule is CC(C)(CCO)OCCC(C)(C)OCCCO. The highest BCUT2D eigenvalue weighted by molar-refractivity contribution is 4.72. The summed E-state index contributed by atoms with van der Waals surface area (Å²) in [6, 6.07) is 0. The third kappa shape index (κ3) is 9.53. The summed E-state index contributed by atoms with van der Waals surface area (Å²) in [5.74, 6) is 0. The molecule has 4 nitrogen and oxygen atoms in total. The lowest BCUT2D eigenvalue weighted by Crippen LogP contribution is -2.31. The van der Waals surface area contributed by atoms with Crippen LogP contribution in [0.1, 0.15) is 47.0 Å². The van der Waals surface area contributed by atoms with E-state index in [4.69, 9.17) is 19.7 Å². The molecule has 0 unspecified atom stereocenters. The molecule has 0 aliphatic carbocycles. The summed E-state index contributed by atoms with van der Waals surface area (Å²) >= 11 is 0. The number of hydrogen-bond donors (Lipinski definition) is 2. The number of aliphatic hydroxyl groups is 2. The lowest BCUT2D eigenvalue weighted by molar-refractivity contribution is -0.0790. The average Bonchev–Trinajstić information content (AvgIpc) is 2.16. The summed E-state index contributed by atoms with van der Waals surface area (Å²) in [6.45, 7) is 9.48. The molecule has 0 heterocycles. The van der Waals surface area contributed by atoms with E-state index >= 15 is 0 Å². The maximum absolute atomic E-state index is 8.88. The van der Waals surface area contributed by atoms with Crippen molar-refractivity contribution in [3.05, 3.63) is 0 Å². The van der Waals surface area contributed by atoms with Crippen molar-refractivity contribution in [2.24, 2.45) is 0 Å². The molecule has 4 heteroatoms. The van der Waals surface area contributed by atoms with Crippen LogP contribution >= 0.6 is 0 Å². The summed E-state index contributed by atoms with van der Waals surface area (Å²) in [6.07, 6.45) is 2.10. The Morgan fingerprint density at radius 2 is 1.29 bits per heavy atom. The van der Waals surface area contributed by atoms with Crippen LogP contribution in [0.2, 0.25) is 0 Å². The maximum Gasteiger partial charge on any atom is 0.0648 e. The van der Waals surface area contributed by atoms with Gasteiger partial charge in [-0.3, -0.25) is 0 Å². The fourth-order valence-corrected chi connectivity index (χ4v) is 1.40. The second kappa shape index (κ2) is 8.03. The van der Waals surface area contributed by atoms with Crippen LogP contribution in [0.3, 0.4) is 0 Å². The summed E-state index contributed by atoms with van der Waals surface area (Å²) in [4.78, 5) is 0. The van der Waals surface area contributed by atoms with Gasteiger partial charge in [0.2, 0.25) is 0 Å². The van der Waals surface area contributed by atoms with E-state index in [2.05, 4.69) is 0 Å². The topological polar surface area (TPSA) is 58.9 Å². The van der Waals surface area contributed by atoms with Crippen LogP contribution in [-0.4, -0.2) is 47.8 Å². The largest absolute Gasteiger partial charge is 0.396 e. The van der Waals surface area contributed by atoms with Gasteiger partial charge in [0.1, 0.15) is 0 Å². The molecule has 0 aliphatic rings. The lowest BCUT2D eigenvalue weighted by atomic mass is 10.0. The second-order valence-corrected chi connectivity index (χ2v) is 5.52. The molecular formula is C13H28O4. The highest BCUT2D eigenvalue weighted by Gasteiger charge is 2.22. The average molecular weight is 248 g/mol. The van der Waals surface area contributed by atoms with E-state index in [1.807, 2.05) is 27.7 Å². The fourth-order valence-electron chi connectivity index (χ4n) is 1.40. The van der Waals surface area contributed by atoms with Gasteiger partial charge in [-0.25, -0.2) is 0 Å². The molecule has 0 aromatic carbocycles. The molecule has 0 saturated carbocycles. The van der Waals surface area contributed by atoms with Gasteiger partial charge in [0, 0.05) is 19.8 Å². The van der Waals surface area contributed by atoms with Gasteiger partial charge in [0.05, 0.1) is 17.8 Å². The molecule has 0 radical (unpaired) electrons. The van der Waals surface area contributed by atoms with E-state index in [-0.39, 0.29) is 24.4 Å². The normalized spacial score (nSPS) is 13.1. The number of rotatable bonds is 10. The molecule has 0 saturated heterocycles. The zero-order valence-corrected chi connectivity index (χ0v) is 11.7. The first kappa shape index (κ1) is 16.8. The Bertz CT molecular complexity index is 190. The molecule has 0 spiro atoms. The van der Waals surface area contributed by atoms with E-state index in [0.29, 0.717) is 26.1 Å². The van der Waals surface area contributed by atoms with Gasteiger partial charge < -0.3 is 19.7 Å². The first-order valence-corrected chi connectivity index (χ1v) is 6.33. The third-order valence-corrected chi connectivity index (χ3v) is 2.71. The van der Waals surface area contributed by atoms with Gasteiger partial charge in [-0.05, 0) is 47.0 Å². The number of aliphatic hydroxyl groups excluding tert-OH is 2. The fraction of sp³-hybridized carbons (Fsp3) is 1.00. The van der Waals surface area contributed by atoms with Crippen molar-refractivity contribution < 1.29 is 19.7 Å². The van der Waals surface area contributed by atoms with Crippen LogP contribution in [0.5, 0.6) is 0 Å². The molecule has 0 bridgehead atoms. The summed E-state index contributed by atoms with van der Waals surface area (Å²) in [5, 5.41) is 17.6. The van der Waals surface area contributed by atoms with Gasteiger partial charge in [-0.15, -0.1) is 0 Å². The third-order valence-electron chi connectivity index (χ3n) is 2.71. The first-order chi connectivity index (χ1) is 7.83. The minimum Gasteiger partial charge on any atom is -0.396 e. The van der Waals surface area contributed by atoms with Crippen LogP contribution in [0.15, 0.2) is 0 Å². The van der Waals surface area contributed by atoms with E-state index < -0.39 is 0 Å². The van der Waals surface area contributed by atoms with Crippen LogP contribution in [0.4, 0.5) is 0 Å².